The lowest BCUT2D eigenvalue weighted by Crippen LogP contribution is -2.50. The SMILES string of the molecule is CCOc1ccccc1N1CCN(C(=O)Nc2cccc(C(C)=O)c2)CC1. The zero-order chi connectivity index (χ0) is 19.2. The first-order valence-electron chi connectivity index (χ1n) is 9.22. The van der Waals surface area contributed by atoms with Crippen LogP contribution in [0.2, 0.25) is 0 Å². The van der Waals surface area contributed by atoms with Crippen molar-refractivity contribution < 1.29 is 14.3 Å². The minimum absolute atomic E-state index is 0.0207. The summed E-state index contributed by atoms with van der Waals surface area (Å²) in [5.74, 6) is 0.853. The van der Waals surface area contributed by atoms with E-state index in [-0.39, 0.29) is 11.8 Å². The topological polar surface area (TPSA) is 61.9 Å². The predicted octanol–water partition coefficient (Wildman–Crippen LogP) is 3.64. The Morgan fingerprint density at radius 1 is 1.04 bits per heavy atom. The van der Waals surface area contributed by atoms with Gasteiger partial charge in [-0.3, -0.25) is 4.79 Å². The van der Waals surface area contributed by atoms with Crippen molar-refractivity contribution in [2.75, 3.05) is 43.0 Å². The second-order valence-corrected chi connectivity index (χ2v) is 6.44. The van der Waals surface area contributed by atoms with E-state index in [1.165, 1.54) is 6.92 Å². The molecule has 2 aromatic carbocycles. The third-order valence-electron chi connectivity index (χ3n) is 4.59. The van der Waals surface area contributed by atoms with Gasteiger partial charge in [0.25, 0.3) is 0 Å². The number of carbonyl (C=O) groups is 2. The van der Waals surface area contributed by atoms with Gasteiger partial charge in [-0.25, -0.2) is 4.79 Å². The molecule has 142 valence electrons. The second-order valence-electron chi connectivity index (χ2n) is 6.44. The van der Waals surface area contributed by atoms with Gasteiger partial charge in [-0.15, -0.1) is 0 Å². The number of ketones is 1. The first-order valence-corrected chi connectivity index (χ1v) is 9.22. The molecule has 2 amide bonds. The normalized spacial score (nSPS) is 14.0. The molecular weight excluding hydrogens is 342 g/mol. The van der Waals surface area contributed by atoms with E-state index >= 15 is 0 Å². The lowest BCUT2D eigenvalue weighted by molar-refractivity contribution is 0.101. The third kappa shape index (κ3) is 4.58. The highest BCUT2D eigenvalue weighted by atomic mass is 16.5. The van der Waals surface area contributed by atoms with Crippen molar-refractivity contribution in [3.63, 3.8) is 0 Å². The maximum atomic E-state index is 12.5. The highest BCUT2D eigenvalue weighted by Crippen LogP contribution is 2.28. The molecule has 1 fully saturated rings. The number of hydrogen-bond acceptors (Lipinski definition) is 4. The van der Waals surface area contributed by atoms with E-state index in [0.717, 1.165) is 24.5 Å². The van der Waals surface area contributed by atoms with Gasteiger partial charge in [0.05, 0.1) is 12.3 Å². The second kappa shape index (κ2) is 8.58. The van der Waals surface area contributed by atoms with E-state index in [0.29, 0.717) is 30.9 Å². The molecule has 1 aliphatic heterocycles. The van der Waals surface area contributed by atoms with E-state index < -0.39 is 0 Å². The molecule has 0 aliphatic carbocycles. The number of hydrogen-bond donors (Lipinski definition) is 1. The molecule has 0 unspecified atom stereocenters. The number of carbonyl (C=O) groups excluding carboxylic acids is 2. The summed E-state index contributed by atoms with van der Waals surface area (Å²) in [6, 6.07) is 14.9. The number of Topliss-reactive ketones (excluding diaryl/α,β-unsaturated/α-hetero) is 1. The van der Waals surface area contributed by atoms with Crippen molar-refractivity contribution in [3.05, 3.63) is 54.1 Å². The molecule has 0 radical (unpaired) electrons. The Morgan fingerprint density at radius 2 is 1.78 bits per heavy atom. The van der Waals surface area contributed by atoms with Gasteiger partial charge in [-0.05, 0) is 38.1 Å². The molecule has 27 heavy (non-hydrogen) atoms. The van der Waals surface area contributed by atoms with Gasteiger partial charge < -0.3 is 19.9 Å². The van der Waals surface area contributed by atoms with Crippen LogP contribution in [0.15, 0.2) is 48.5 Å². The predicted molar refractivity (Wildman–Crippen MR) is 107 cm³/mol. The van der Waals surface area contributed by atoms with Crippen LogP contribution < -0.4 is 15.0 Å². The number of piperazine rings is 1. The molecule has 1 N–H and O–H groups in total. The Labute approximate surface area is 159 Å². The van der Waals surface area contributed by atoms with Crippen LogP contribution in [0, 0.1) is 0 Å². The molecule has 6 heteroatoms. The standard InChI is InChI=1S/C21H25N3O3/c1-3-27-20-10-5-4-9-19(20)23-11-13-24(14-12-23)21(26)22-18-8-6-7-17(15-18)16(2)25/h4-10,15H,3,11-14H2,1-2H3,(H,22,26). The number of benzene rings is 2. The minimum Gasteiger partial charge on any atom is -0.492 e. The number of amides is 2. The summed E-state index contributed by atoms with van der Waals surface area (Å²) in [4.78, 5) is 28.1. The van der Waals surface area contributed by atoms with Crippen LogP contribution in [0.5, 0.6) is 5.75 Å². The molecule has 1 heterocycles. The molecule has 1 saturated heterocycles. The Hall–Kier alpha value is -3.02. The molecule has 0 saturated carbocycles. The van der Waals surface area contributed by atoms with Gasteiger partial charge in [0, 0.05) is 37.4 Å². The maximum Gasteiger partial charge on any atom is 0.321 e. The molecule has 3 rings (SSSR count). The van der Waals surface area contributed by atoms with Gasteiger partial charge in [-0.1, -0.05) is 24.3 Å². The zero-order valence-corrected chi connectivity index (χ0v) is 15.8. The van der Waals surface area contributed by atoms with Crippen molar-refractivity contribution in [1.29, 1.82) is 0 Å². The Morgan fingerprint density at radius 3 is 2.48 bits per heavy atom. The van der Waals surface area contributed by atoms with E-state index in [9.17, 15) is 9.59 Å². The number of anilines is 2. The van der Waals surface area contributed by atoms with Crippen LogP contribution in [0.1, 0.15) is 24.2 Å². The van der Waals surface area contributed by atoms with E-state index in [1.54, 1.807) is 29.2 Å². The van der Waals surface area contributed by atoms with Crippen molar-refractivity contribution >= 4 is 23.2 Å². The lowest BCUT2D eigenvalue weighted by atomic mass is 10.1. The molecule has 2 aromatic rings. The van der Waals surface area contributed by atoms with Crippen LogP contribution in [0.25, 0.3) is 0 Å². The monoisotopic (exact) mass is 367 g/mol. The molecule has 1 aliphatic rings. The number of rotatable bonds is 5. The Balaban J connectivity index is 1.60. The van der Waals surface area contributed by atoms with Crippen molar-refractivity contribution in [2.24, 2.45) is 0 Å². The number of nitrogens with one attached hydrogen (secondary N) is 1. The summed E-state index contributed by atoms with van der Waals surface area (Å²) in [5.41, 5.74) is 2.29. The highest BCUT2D eigenvalue weighted by molar-refractivity contribution is 5.96. The average molecular weight is 367 g/mol. The molecule has 0 bridgehead atoms. The fraction of sp³-hybridized carbons (Fsp3) is 0.333. The van der Waals surface area contributed by atoms with Crippen molar-refractivity contribution in [2.45, 2.75) is 13.8 Å². The molecular formula is C21H25N3O3. The Bertz CT molecular complexity index is 814. The third-order valence-corrected chi connectivity index (χ3v) is 4.59. The highest BCUT2D eigenvalue weighted by Gasteiger charge is 2.23. The van der Waals surface area contributed by atoms with Crippen LogP contribution in [-0.2, 0) is 0 Å². The quantitative estimate of drug-likeness (QED) is 0.820. The molecule has 0 spiro atoms. The zero-order valence-electron chi connectivity index (χ0n) is 15.8. The van der Waals surface area contributed by atoms with Crippen LogP contribution in [0.4, 0.5) is 16.2 Å². The van der Waals surface area contributed by atoms with E-state index in [4.69, 9.17) is 4.74 Å². The summed E-state index contributed by atoms with van der Waals surface area (Å²) in [6.07, 6.45) is 0. The fourth-order valence-corrected chi connectivity index (χ4v) is 3.16. The maximum absolute atomic E-state index is 12.5. The number of para-hydroxylation sites is 2. The summed E-state index contributed by atoms with van der Waals surface area (Å²) < 4.78 is 5.71. The van der Waals surface area contributed by atoms with Gasteiger partial charge in [0.2, 0.25) is 0 Å². The number of nitrogens with zero attached hydrogens (tertiary/aromatic N) is 2. The van der Waals surface area contributed by atoms with Crippen LogP contribution >= 0.6 is 0 Å². The van der Waals surface area contributed by atoms with Crippen molar-refractivity contribution in [3.8, 4) is 5.75 Å². The van der Waals surface area contributed by atoms with Crippen molar-refractivity contribution in [1.82, 2.24) is 4.90 Å². The summed E-state index contributed by atoms with van der Waals surface area (Å²) >= 11 is 0. The molecule has 0 aromatic heterocycles. The smallest absolute Gasteiger partial charge is 0.321 e. The van der Waals surface area contributed by atoms with E-state index in [1.807, 2.05) is 31.2 Å². The first kappa shape index (κ1) is 18.8. The summed E-state index contributed by atoms with van der Waals surface area (Å²) in [5, 5.41) is 2.88. The van der Waals surface area contributed by atoms with Crippen LogP contribution in [0.3, 0.4) is 0 Å². The summed E-state index contributed by atoms with van der Waals surface area (Å²) in [6.45, 7) is 6.84. The van der Waals surface area contributed by atoms with E-state index in [2.05, 4.69) is 10.2 Å². The largest absolute Gasteiger partial charge is 0.492 e. The van der Waals surface area contributed by atoms with Crippen LogP contribution in [-0.4, -0.2) is 49.5 Å². The first-order chi connectivity index (χ1) is 13.1. The number of urea groups is 1. The van der Waals surface area contributed by atoms with Gasteiger partial charge in [-0.2, -0.15) is 0 Å². The minimum atomic E-state index is -0.145. The van der Waals surface area contributed by atoms with Gasteiger partial charge >= 0.3 is 6.03 Å². The molecule has 0 atom stereocenters. The fourth-order valence-electron chi connectivity index (χ4n) is 3.16. The van der Waals surface area contributed by atoms with Gasteiger partial charge in [0.15, 0.2) is 5.78 Å². The Kier molecular flexibility index (Phi) is 5.96. The number of ether oxygens (including phenoxy) is 1. The summed E-state index contributed by atoms with van der Waals surface area (Å²) in [7, 11) is 0. The molecule has 6 nitrogen and oxygen atoms in total. The lowest BCUT2D eigenvalue weighted by Gasteiger charge is -2.36. The average Bonchev–Trinajstić information content (AvgIpc) is 2.69. The van der Waals surface area contributed by atoms with Gasteiger partial charge in [0.1, 0.15) is 5.75 Å².